The molecular weight excluding hydrogens is 756 g/mol. The molecule has 4 nitrogen and oxygen atoms in total. The highest BCUT2D eigenvalue weighted by molar-refractivity contribution is 7.46. The van der Waals surface area contributed by atoms with Gasteiger partial charge in [0.2, 0.25) is 0 Å². The van der Waals surface area contributed by atoms with E-state index in [0.29, 0.717) is 0 Å². The van der Waals surface area contributed by atoms with Gasteiger partial charge in [0.15, 0.2) is 0 Å². The van der Waals surface area contributed by atoms with Crippen LogP contribution >= 0.6 is 7.82 Å². The van der Waals surface area contributed by atoms with Crippen LogP contribution < -0.4 is 0 Å². The lowest BCUT2D eigenvalue weighted by Crippen LogP contribution is -1.89. The lowest BCUT2D eigenvalue weighted by atomic mass is 10.0. The number of phosphoric ester groups is 1. The minimum Gasteiger partial charge on any atom is -0.303 e. The molecule has 0 aromatic rings. The van der Waals surface area contributed by atoms with Gasteiger partial charge in [0, 0.05) is 0 Å². The highest BCUT2D eigenvalue weighted by Gasteiger charge is 2.11. The smallest absolute Gasteiger partial charge is 0.303 e. The molecule has 0 atom stereocenters. The number of hydrogen-bond acceptors (Lipinski definition) is 2. The van der Waals surface area contributed by atoms with Gasteiger partial charge < -0.3 is 9.79 Å². The van der Waals surface area contributed by atoms with Crippen molar-refractivity contribution in [3.05, 3.63) is 128 Å². The van der Waals surface area contributed by atoms with Gasteiger partial charge in [0.1, 0.15) is 0 Å². The van der Waals surface area contributed by atoms with Gasteiger partial charge in [0.25, 0.3) is 0 Å². The summed E-state index contributed by atoms with van der Waals surface area (Å²) in [4.78, 5) is 17.5. The van der Waals surface area contributed by atoms with Gasteiger partial charge in [-0.2, -0.15) is 0 Å². The van der Waals surface area contributed by atoms with E-state index in [-0.39, 0.29) is 6.61 Å². The molecule has 0 aliphatic carbocycles. The van der Waals surface area contributed by atoms with Crippen LogP contribution in [-0.4, -0.2) is 16.4 Å². The molecule has 0 fully saturated rings. The van der Waals surface area contributed by atoms with Gasteiger partial charge in [0.05, 0.1) is 6.61 Å². The molecule has 0 saturated carbocycles. The van der Waals surface area contributed by atoms with E-state index in [0.717, 1.165) is 115 Å². The van der Waals surface area contributed by atoms with Crippen LogP contribution in [0.15, 0.2) is 128 Å². The second-order valence-electron chi connectivity index (χ2n) is 18.0. The highest BCUT2D eigenvalue weighted by atomic mass is 31.2. The van der Waals surface area contributed by atoms with Crippen molar-refractivity contribution in [1.82, 2.24) is 0 Å². The Morgan fingerprint density at radius 1 is 0.317 bits per heavy atom. The molecule has 0 aromatic carbocycles. The largest absolute Gasteiger partial charge is 0.469 e. The van der Waals surface area contributed by atoms with Crippen LogP contribution in [-0.2, 0) is 9.09 Å². The van der Waals surface area contributed by atoms with Crippen molar-refractivity contribution >= 4 is 7.82 Å². The van der Waals surface area contributed by atoms with Crippen molar-refractivity contribution in [3.63, 3.8) is 0 Å². The number of rotatable bonds is 33. The summed E-state index contributed by atoms with van der Waals surface area (Å²) >= 11 is 0. The zero-order chi connectivity index (χ0) is 45.2. The molecule has 0 amide bonds. The molecule has 0 aliphatic heterocycles. The fourth-order valence-electron chi connectivity index (χ4n) is 6.80. The normalized spacial score (nSPS) is 15.0. The Bertz CT molecular complexity index is 1600. The molecule has 0 unspecified atom stereocenters. The maximum absolute atomic E-state index is 10.8. The number of allylic oxidation sites excluding steroid dienone is 21. The Morgan fingerprint density at radius 3 is 0.650 bits per heavy atom. The Balaban J connectivity index is 4.28. The molecule has 60 heavy (non-hydrogen) atoms. The van der Waals surface area contributed by atoms with Gasteiger partial charge in [-0.15, -0.1) is 0 Å². The van der Waals surface area contributed by atoms with E-state index in [4.69, 9.17) is 9.79 Å². The van der Waals surface area contributed by atoms with E-state index in [2.05, 4.69) is 141 Å². The van der Waals surface area contributed by atoms with Gasteiger partial charge in [-0.25, -0.2) is 4.57 Å². The molecule has 0 rings (SSSR count). The predicted octanol–water partition coefficient (Wildman–Crippen LogP) is 18.3. The van der Waals surface area contributed by atoms with Crippen molar-refractivity contribution < 1.29 is 18.9 Å². The fourth-order valence-corrected chi connectivity index (χ4v) is 7.07. The molecule has 0 radical (unpaired) electrons. The first kappa shape index (κ1) is 57.2. The van der Waals surface area contributed by atoms with Crippen molar-refractivity contribution in [1.29, 1.82) is 0 Å². The van der Waals surface area contributed by atoms with Crippen molar-refractivity contribution in [2.45, 2.75) is 212 Å². The van der Waals surface area contributed by atoms with Gasteiger partial charge in [-0.1, -0.05) is 128 Å². The average molecular weight is 847 g/mol. The summed E-state index contributed by atoms with van der Waals surface area (Å²) in [7, 11) is -4.40. The molecule has 0 aromatic heterocycles. The Morgan fingerprint density at radius 2 is 0.483 bits per heavy atom. The lowest BCUT2D eigenvalue weighted by Gasteiger charge is -2.04. The summed E-state index contributed by atoms with van der Waals surface area (Å²) in [6, 6.07) is 0. The van der Waals surface area contributed by atoms with Crippen LogP contribution in [0, 0.1) is 0 Å². The standard InChI is InChI=1S/C55H91O4P/c1-45(2)23-13-24-46(3)25-14-26-47(4)27-15-28-48(5)29-16-30-49(6)31-17-32-50(7)33-18-34-51(8)35-19-36-52(9)37-20-38-53(10)39-21-40-54(11)41-22-42-55(12)43-44-59-60(56,57)58/h23,25,27,29,31,33,35,37,39,41,43H,13-22,24,26,28,30,32,34,36,38,40,42,44H2,1-12H3,(H2,56,57,58)/b46-25+,47-27+,48-29+,49-31-,50-33-,51-35-,52-37-,53-39-,54-41-,55-43-. The third-order valence-corrected chi connectivity index (χ3v) is 11.5. The summed E-state index contributed by atoms with van der Waals surface area (Å²) < 4.78 is 15.3. The van der Waals surface area contributed by atoms with Gasteiger partial charge in [-0.05, 0) is 212 Å². The minimum atomic E-state index is -4.40. The van der Waals surface area contributed by atoms with E-state index in [9.17, 15) is 4.57 Å². The van der Waals surface area contributed by atoms with Crippen LogP contribution in [0.25, 0.3) is 0 Å². The summed E-state index contributed by atoms with van der Waals surface area (Å²) in [5.41, 5.74) is 15.9. The zero-order valence-electron chi connectivity index (χ0n) is 40.9. The lowest BCUT2D eigenvalue weighted by molar-refractivity contribution is 0.215. The summed E-state index contributed by atoms with van der Waals surface area (Å²) in [6.45, 7) is 26.7. The third-order valence-electron chi connectivity index (χ3n) is 11.0. The molecular formula is C55H91O4P. The maximum atomic E-state index is 10.8. The Hall–Kier alpha value is -2.75. The molecule has 2 N–H and O–H groups in total. The van der Waals surface area contributed by atoms with Crippen molar-refractivity contribution in [3.8, 4) is 0 Å². The average Bonchev–Trinajstić information content (AvgIpc) is 3.14. The van der Waals surface area contributed by atoms with Crippen molar-refractivity contribution in [2.24, 2.45) is 0 Å². The first-order valence-electron chi connectivity index (χ1n) is 23.3. The summed E-state index contributed by atoms with van der Waals surface area (Å²) in [5.74, 6) is 0. The van der Waals surface area contributed by atoms with Crippen LogP contribution in [0.3, 0.4) is 0 Å². The van der Waals surface area contributed by atoms with E-state index < -0.39 is 7.82 Å². The number of phosphoric acid groups is 1. The number of hydrogen-bond donors (Lipinski definition) is 2. The molecule has 5 heteroatoms. The van der Waals surface area contributed by atoms with E-state index in [1.807, 2.05) is 6.92 Å². The molecule has 0 bridgehead atoms. The van der Waals surface area contributed by atoms with E-state index in [1.165, 1.54) is 75.0 Å². The van der Waals surface area contributed by atoms with Crippen LogP contribution in [0.2, 0.25) is 0 Å². The molecule has 0 spiro atoms. The summed E-state index contributed by atoms with van der Waals surface area (Å²) in [5, 5.41) is 0. The first-order valence-corrected chi connectivity index (χ1v) is 24.8. The summed E-state index contributed by atoms with van der Waals surface area (Å²) in [6.07, 6.45) is 48.1. The van der Waals surface area contributed by atoms with Gasteiger partial charge >= 0.3 is 7.82 Å². The monoisotopic (exact) mass is 847 g/mol. The first-order chi connectivity index (χ1) is 28.4. The van der Waals surface area contributed by atoms with Crippen molar-refractivity contribution in [2.75, 3.05) is 6.61 Å². The maximum Gasteiger partial charge on any atom is 0.469 e. The molecule has 340 valence electrons. The van der Waals surface area contributed by atoms with Crippen LogP contribution in [0.1, 0.15) is 212 Å². The van der Waals surface area contributed by atoms with E-state index >= 15 is 0 Å². The topological polar surface area (TPSA) is 66.8 Å². The Labute approximate surface area is 371 Å². The fraction of sp³-hybridized carbons (Fsp3) is 0.600. The molecule has 0 saturated heterocycles. The van der Waals surface area contributed by atoms with Gasteiger partial charge in [-0.3, -0.25) is 4.52 Å². The SMILES string of the molecule is CC(C)=CCC/C(C)=C/CC/C(C)=C/CC/C(C)=C/CC/C(C)=C\CC/C(C)=C\CC/C(C)=C\CC/C(C)=C\CC/C(C)=C\CC/C(C)=C\CC/C(C)=C\COP(=O)(O)O. The minimum absolute atomic E-state index is 0.0550. The third kappa shape index (κ3) is 39.4. The molecule has 0 aliphatic rings. The second kappa shape index (κ2) is 35.8. The zero-order valence-corrected chi connectivity index (χ0v) is 41.8. The predicted molar refractivity (Wildman–Crippen MR) is 267 cm³/mol. The van der Waals surface area contributed by atoms with E-state index in [1.54, 1.807) is 6.08 Å². The van der Waals surface area contributed by atoms with Crippen LogP contribution in [0.5, 0.6) is 0 Å². The quantitative estimate of drug-likeness (QED) is 0.0510. The Kier molecular flexibility index (Phi) is 34.2. The second-order valence-corrected chi connectivity index (χ2v) is 19.2. The highest BCUT2D eigenvalue weighted by Crippen LogP contribution is 2.35. The van der Waals surface area contributed by atoms with Crippen LogP contribution in [0.4, 0.5) is 0 Å². The molecule has 0 heterocycles.